The van der Waals surface area contributed by atoms with Crippen LogP contribution in [0.1, 0.15) is 26.5 Å². The van der Waals surface area contributed by atoms with Gasteiger partial charge in [0.2, 0.25) is 0 Å². The van der Waals surface area contributed by atoms with Gasteiger partial charge in [-0.15, -0.1) is 11.3 Å². The Balaban J connectivity index is 1.63. The van der Waals surface area contributed by atoms with Crippen LogP contribution < -0.4 is 5.32 Å². The first kappa shape index (κ1) is 19.2. The van der Waals surface area contributed by atoms with Crippen LogP contribution in [-0.2, 0) is 19.6 Å². The molecule has 1 aromatic carbocycles. The Morgan fingerprint density at radius 1 is 1.19 bits per heavy atom. The lowest BCUT2D eigenvalue weighted by Crippen LogP contribution is -2.24. The van der Waals surface area contributed by atoms with Crippen molar-refractivity contribution >= 4 is 17.2 Å². The van der Waals surface area contributed by atoms with Gasteiger partial charge in [0.25, 0.3) is 5.91 Å². The molecule has 0 aliphatic heterocycles. The topological polar surface area (TPSA) is 46.9 Å². The van der Waals surface area contributed by atoms with Gasteiger partial charge in [0.1, 0.15) is 11.4 Å². The summed E-state index contributed by atoms with van der Waals surface area (Å²) in [7, 11) is 1.25. The molecular formula is C19H18F3N3OS. The van der Waals surface area contributed by atoms with Crippen LogP contribution in [0.3, 0.4) is 0 Å². The highest BCUT2D eigenvalue weighted by Crippen LogP contribution is 2.34. The lowest BCUT2D eigenvalue weighted by atomic mass is 10.1. The Morgan fingerprint density at radius 2 is 1.89 bits per heavy atom. The first-order chi connectivity index (χ1) is 12.7. The zero-order valence-corrected chi connectivity index (χ0v) is 15.6. The Hall–Kier alpha value is -2.61. The van der Waals surface area contributed by atoms with Crippen molar-refractivity contribution in [1.29, 1.82) is 0 Å². The van der Waals surface area contributed by atoms with E-state index in [1.165, 1.54) is 12.6 Å². The summed E-state index contributed by atoms with van der Waals surface area (Å²) < 4.78 is 39.5. The maximum Gasteiger partial charge on any atom is 0.433 e. The Kier molecular flexibility index (Phi) is 5.36. The van der Waals surface area contributed by atoms with Crippen molar-refractivity contribution in [1.82, 2.24) is 15.1 Å². The number of aromatic nitrogens is 2. The van der Waals surface area contributed by atoms with Gasteiger partial charge in [-0.2, -0.15) is 18.3 Å². The third-order valence-corrected chi connectivity index (χ3v) is 5.18. The van der Waals surface area contributed by atoms with E-state index in [2.05, 4.69) is 10.4 Å². The van der Waals surface area contributed by atoms with Crippen LogP contribution in [-0.4, -0.2) is 22.2 Å². The Labute approximate surface area is 158 Å². The maximum atomic E-state index is 12.9. The van der Waals surface area contributed by atoms with Crippen molar-refractivity contribution in [3.8, 4) is 10.6 Å². The molecule has 0 radical (unpaired) electrons. The first-order valence-electron chi connectivity index (χ1n) is 8.29. The zero-order valence-electron chi connectivity index (χ0n) is 14.8. The number of nitrogens with zero attached hydrogens (tertiary/aromatic N) is 2. The largest absolute Gasteiger partial charge is 0.433 e. The minimum Gasteiger partial charge on any atom is -0.351 e. The summed E-state index contributed by atoms with van der Waals surface area (Å²) in [5.74, 6) is -0.245. The predicted molar refractivity (Wildman–Crippen MR) is 98.7 cm³/mol. The fourth-order valence-electron chi connectivity index (χ4n) is 2.61. The van der Waals surface area contributed by atoms with Crippen molar-refractivity contribution in [2.75, 3.05) is 6.54 Å². The van der Waals surface area contributed by atoms with E-state index >= 15 is 0 Å². The number of hydrogen-bond donors (Lipinski definition) is 1. The van der Waals surface area contributed by atoms with Crippen LogP contribution in [0.4, 0.5) is 13.2 Å². The van der Waals surface area contributed by atoms with Crippen LogP contribution >= 0.6 is 11.3 Å². The van der Waals surface area contributed by atoms with E-state index in [-0.39, 0.29) is 11.6 Å². The number of carbonyl (C=O) groups is 1. The molecule has 0 bridgehead atoms. The predicted octanol–water partition coefficient (Wildman–Crippen LogP) is 4.45. The van der Waals surface area contributed by atoms with Crippen LogP contribution in [0.25, 0.3) is 10.6 Å². The van der Waals surface area contributed by atoms with E-state index in [9.17, 15) is 18.0 Å². The van der Waals surface area contributed by atoms with Crippen molar-refractivity contribution in [2.45, 2.75) is 19.5 Å². The number of amides is 1. The molecule has 4 nitrogen and oxygen atoms in total. The normalized spacial score (nSPS) is 11.6. The monoisotopic (exact) mass is 393 g/mol. The Bertz CT molecular complexity index is 942. The Morgan fingerprint density at radius 3 is 2.52 bits per heavy atom. The number of aryl methyl sites for hydroxylation is 2. The quantitative estimate of drug-likeness (QED) is 0.696. The minimum atomic E-state index is -4.46. The molecule has 1 N–H and O–H groups in total. The van der Waals surface area contributed by atoms with Crippen LogP contribution in [0.2, 0.25) is 0 Å². The molecule has 8 heteroatoms. The average Bonchev–Trinajstić information content (AvgIpc) is 3.23. The summed E-state index contributed by atoms with van der Waals surface area (Å²) in [5.41, 5.74) is 1.68. The molecule has 0 atom stereocenters. The first-order valence-corrected chi connectivity index (χ1v) is 9.11. The second kappa shape index (κ2) is 7.56. The molecule has 142 valence electrons. The number of alkyl halides is 3. The van der Waals surface area contributed by atoms with E-state index in [1.54, 1.807) is 12.1 Å². The number of rotatable bonds is 5. The van der Waals surface area contributed by atoms with Crippen LogP contribution in [0, 0.1) is 6.92 Å². The van der Waals surface area contributed by atoms with Crippen molar-refractivity contribution in [3.05, 3.63) is 64.2 Å². The highest BCUT2D eigenvalue weighted by atomic mass is 32.1. The van der Waals surface area contributed by atoms with Gasteiger partial charge >= 0.3 is 6.18 Å². The molecule has 0 aliphatic carbocycles. The van der Waals surface area contributed by atoms with E-state index in [4.69, 9.17) is 0 Å². The van der Waals surface area contributed by atoms with Gasteiger partial charge in [0.15, 0.2) is 0 Å². The highest BCUT2D eigenvalue weighted by Gasteiger charge is 2.35. The van der Waals surface area contributed by atoms with Crippen molar-refractivity contribution in [2.24, 2.45) is 7.05 Å². The lowest BCUT2D eigenvalue weighted by molar-refractivity contribution is -0.143. The van der Waals surface area contributed by atoms with E-state index in [0.29, 0.717) is 22.7 Å². The molecule has 2 heterocycles. The molecule has 0 saturated heterocycles. The van der Waals surface area contributed by atoms with Gasteiger partial charge < -0.3 is 5.32 Å². The fraction of sp³-hybridized carbons (Fsp3) is 0.263. The van der Waals surface area contributed by atoms with Crippen LogP contribution in [0.15, 0.2) is 42.5 Å². The standard InChI is InChI=1S/C19H18F3N3OS/c1-12-3-5-13(6-4-12)9-10-23-18(26)16-8-7-15(27-16)14-11-17(19(20,21)22)25(2)24-14/h3-8,11H,9-10H2,1-2H3,(H,23,26). The molecular weight excluding hydrogens is 375 g/mol. The molecule has 27 heavy (non-hydrogen) atoms. The number of thiophene rings is 1. The summed E-state index contributed by atoms with van der Waals surface area (Å²) in [5, 5.41) is 6.74. The van der Waals surface area contributed by atoms with Gasteiger partial charge in [-0.05, 0) is 37.1 Å². The minimum absolute atomic E-state index is 0.202. The van der Waals surface area contributed by atoms with E-state index in [0.717, 1.165) is 27.6 Å². The van der Waals surface area contributed by atoms with E-state index in [1.807, 2.05) is 31.2 Å². The molecule has 0 fully saturated rings. The SMILES string of the molecule is Cc1ccc(CCNC(=O)c2ccc(-c3cc(C(F)(F)F)n(C)n3)s2)cc1. The molecule has 3 rings (SSSR count). The van der Waals surface area contributed by atoms with E-state index < -0.39 is 11.9 Å². The molecule has 0 unspecified atom stereocenters. The molecule has 0 spiro atoms. The van der Waals surface area contributed by atoms with Gasteiger partial charge in [-0.3, -0.25) is 9.48 Å². The molecule has 2 aromatic heterocycles. The van der Waals surface area contributed by atoms with Gasteiger partial charge in [0.05, 0.1) is 9.75 Å². The fourth-order valence-corrected chi connectivity index (χ4v) is 3.49. The van der Waals surface area contributed by atoms with Crippen LogP contribution in [0.5, 0.6) is 0 Å². The third-order valence-electron chi connectivity index (χ3n) is 4.07. The number of carbonyl (C=O) groups excluding carboxylic acids is 1. The second-order valence-electron chi connectivity index (χ2n) is 6.19. The second-order valence-corrected chi connectivity index (χ2v) is 7.28. The summed E-state index contributed by atoms with van der Waals surface area (Å²) >= 11 is 1.12. The number of halogens is 3. The third kappa shape index (κ3) is 4.57. The number of hydrogen-bond acceptors (Lipinski definition) is 3. The highest BCUT2D eigenvalue weighted by molar-refractivity contribution is 7.17. The molecule has 0 saturated carbocycles. The average molecular weight is 393 g/mol. The lowest BCUT2D eigenvalue weighted by Gasteiger charge is -2.04. The zero-order chi connectivity index (χ0) is 19.6. The van der Waals surface area contributed by atoms with Crippen molar-refractivity contribution < 1.29 is 18.0 Å². The number of nitrogens with one attached hydrogen (secondary N) is 1. The summed E-state index contributed by atoms with van der Waals surface area (Å²) in [4.78, 5) is 13.2. The maximum absolute atomic E-state index is 12.9. The summed E-state index contributed by atoms with van der Waals surface area (Å²) in [6, 6.07) is 12.3. The van der Waals surface area contributed by atoms with Crippen molar-refractivity contribution in [3.63, 3.8) is 0 Å². The van der Waals surface area contributed by atoms with Gasteiger partial charge in [-0.1, -0.05) is 29.8 Å². The summed E-state index contributed by atoms with van der Waals surface area (Å²) in [6.45, 7) is 2.50. The smallest absolute Gasteiger partial charge is 0.351 e. The molecule has 3 aromatic rings. The summed E-state index contributed by atoms with van der Waals surface area (Å²) in [6.07, 6.45) is -3.76. The number of benzene rings is 1. The van der Waals surface area contributed by atoms with Gasteiger partial charge in [-0.25, -0.2) is 0 Å². The molecule has 1 amide bonds. The van der Waals surface area contributed by atoms with Gasteiger partial charge in [0, 0.05) is 13.6 Å². The molecule has 0 aliphatic rings.